The molecule has 1 rings (SSSR count). The molecule has 1 amide bonds. The van der Waals surface area contributed by atoms with Crippen LogP contribution in [0.15, 0.2) is 0 Å². The zero-order valence-corrected chi connectivity index (χ0v) is 13.7. The first kappa shape index (κ1) is 18.0. The molecule has 5 heteroatoms. The maximum Gasteiger partial charge on any atom is 0.323 e. The molecule has 0 aromatic heterocycles. The lowest BCUT2D eigenvalue weighted by atomic mass is 9.78. The van der Waals surface area contributed by atoms with Crippen molar-refractivity contribution < 1.29 is 14.7 Å². The minimum atomic E-state index is -1.03. The second-order valence-corrected chi connectivity index (χ2v) is 6.68. The normalized spacial score (nSPS) is 28.7. The Bertz CT molecular complexity index is 373. The molecule has 0 bridgehead atoms. The first-order chi connectivity index (χ1) is 9.80. The summed E-state index contributed by atoms with van der Waals surface area (Å²) in [5.74, 6) is 0.0897. The van der Waals surface area contributed by atoms with E-state index < -0.39 is 11.5 Å². The Kier molecular flexibility index (Phi) is 6.65. The van der Waals surface area contributed by atoms with Gasteiger partial charge in [0.15, 0.2) is 0 Å². The zero-order chi connectivity index (χ0) is 16.0. The first-order valence-corrected chi connectivity index (χ1v) is 8.08. The molecule has 4 atom stereocenters. The fraction of sp³-hybridized carbons (Fsp3) is 0.875. The van der Waals surface area contributed by atoms with Gasteiger partial charge in [-0.3, -0.25) is 14.9 Å². The third-order valence-corrected chi connectivity index (χ3v) is 4.91. The molecule has 0 saturated heterocycles. The van der Waals surface area contributed by atoms with Crippen molar-refractivity contribution >= 4 is 11.9 Å². The van der Waals surface area contributed by atoms with Crippen molar-refractivity contribution in [3.63, 3.8) is 0 Å². The van der Waals surface area contributed by atoms with E-state index in [0.717, 1.165) is 19.3 Å². The van der Waals surface area contributed by atoms with Gasteiger partial charge in [-0.2, -0.15) is 0 Å². The third-order valence-electron chi connectivity index (χ3n) is 4.91. The van der Waals surface area contributed by atoms with Crippen LogP contribution in [0.2, 0.25) is 0 Å². The number of carbonyl (C=O) groups excluding carboxylic acids is 1. The van der Waals surface area contributed by atoms with Crippen LogP contribution in [-0.4, -0.2) is 35.1 Å². The van der Waals surface area contributed by atoms with Crippen molar-refractivity contribution in [1.29, 1.82) is 0 Å². The van der Waals surface area contributed by atoms with Crippen molar-refractivity contribution in [2.24, 2.45) is 11.8 Å². The number of carboxylic acids is 1. The van der Waals surface area contributed by atoms with Crippen LogP contribution in [0.5, 0.6) is 0 Å². The Hall–Kier alpha value is -1.10. The van der Waals surface area contributed by atoms with Crippen molar-refractivity contribution in [1.82, 2.24) is 10.6 Å². The number of aliphatic carboxylic acids is 1. The molecule has 0 heterocycles. The minimum absolute atomic E-state index is 0.0560. The standard InChI is InChI=1S/C16H30N2O3/c1-5-9-16(4,15(20)21)17-10-14(19)18-13-8-6-7-11(2)12(13)3/h11-13,17H,5-10H2,1-4H3,(H,18,19)(H,20,21). The predicted molar refractivity (Wildman–Crippen MR) is 83.1 cm³/mol. The molecule has 21 heavy (non-hydrogen) atoms. The van der Waals surface area contributed by atoms with E-state index in [1.807, 2.05) is 6.92 Å². The molecule has 122 valence electrons. The van der Waals surface area contributed by atoms with Crippen LogP contribution in [0, 0.1) is 11.8 Å². The van der Waals surface area contributed by atoms with Gasteiger partial charge < -0.3 is 10.4 Å². The molecule has 0 aliphatic heterocycles. The molecule has 1 aliphatic rings. The highest BCUT2D eigenvalue weighted by Gasteiger charge is 2.33. The summed E-state index contributed by atoms with van der Waals surface area (Å²) < 4.78 is 0. The molecule has 0 aromatic carbocycles. The van der Waals surface area contributed by atoms with Gasteiger partial charge in [0.2, 0.25) is 5.91 Å². The van der Waals surface area contributed by atoms with Gasteiger partial charge in [-0.25, -0.2) is 0 Å². The number of nitrogens with one attached hydrogen (secondary N) is 2. The molecule has 0 radical (unpaired) electrons. The maximum atomic E-state index is 12.1. The van der Waals surface area contributed by atoms with Crippen LogP contribution < -0.4 is 10.6 Å². The van der Waals surface area contributed by atoms with Gasteiger partial charge in [0.25, 0.3) is 0 Å². The fourth-order valence-electron chi connectivity index (χ4n) is 3.09. The highest BCUT2D eigenvalue weighted by atomic mass is 16.4. The summed E-state index contributed by atoms with van der Waals surface area (Å²) in [5, 5.41) is 15.2. The van der Waals surface area contributed by atoms with Gasteiger partial charge in [-0.05, 0) is 31.6 Å². The van der Waals surface area contributed by atoms with Crippen LogP contribution in [-0.2, 0) is 9.59 Å². The average molecular weight is 298 g/mol. The maximum absolute atomic E-state index is 12.1. The molecule has 4 unspecified atom stereocenters. The Labute approximate surface area is 127 Å². The summed E-state index contributed by atoms with van der Waals surface area (Å²) >= 11 is 0. The number of hydrogen-bond acceptors (Lipinski definition) is 3. The lowest BCUT2D eigenvalue weighted by Crippen LogP contribution is -2.54. The zero-order valence-electron chi connectivity index (χ0n) is 13.7. The first-order valence-electron chi connectivity index (χ1n) is 8.08. The summed E-state index contributed by atoms with van der Waals surface area (Å²) in [5.41, 5.74) is -1.03. The minimum Gasteiger partial charge on any atom is -0.480 e. The van der Waals surface area contributed by atoms with E-state index in [1.54, 1.807) is 6.92 Å². The number of carbonyl (C=O) groups is 2. The molecule has 1 aliphatic carbocycles. The summed E-state index contributed by atoms with van der Waals surface area (Å²) in [4.78, 5) is 23.4. The van der Waals surface area contributed by atoms with Crippen LogP contribution in [0.25, 0.3) is 0 Å². The lowest BCUT2D eigenvalue weighted by molar-refractivity contribution is -0.144. The van der Waals surface area contributed by atoms with E-state index in [1.165, 1.54) is 6.42 Å². The molecule has 0 aromatic rings. The molecule has 3 N–H and O–H groups in total. The van der Waals surface area contributed by atoms with E-state index in [4.69, 9.17) is 0 Å². The van der Waals surface area contributed by atoms with Crippen molar-refractivity contribution in [3.05, 3.63) is 0 Å². The number of carboxylic acid groups (broad SMARTS) is 1. The Morgan fingerprint density at radius 1 is 1.29 bits per heavy atom. The van der Waals surface area contributed by atoms with Crippen molar-refractivity contribution in [2.45, 2.75) is 71.4 Å². The van der Waals surface area contributed by atoms with Crippen LogP contribution in [0.3, 0.4) is 0 Å². The monoisotopic (exact) mass is 298 g/mol. The summed E-state index contributed by atoms with van der Waals surface area (Å²) in [7, 11) is 0. The van der Waals surface area contributed by atoms with Gasteiger partial charge in [-0.15, -0.1) is 0 Å². The van der Waals surface area contributed by atoms with Gasteiger partial charge >= 0.3 is 5.97 Å². The van der Waals surface area contributed by atoms with E-state index in [0.29, 0.717) is 18.3 Å². The van der Waals surface area contributed by atoms with Gasteiger partial charge in [-0.1, -0.05) is 40.0 Å². The van der Waals surface area contributed by atoms with Crippen LogP contribution in [0.4, 0.5) is 0 Å². The van der Waals surface area contributed by atoms with E-state index in [9.17, 15) is 14.7 Å². The smallest absolute Gasteiger partial charge is 0.323 e. The quantitative estimate of drug-likeness (QED) is 0.673. The van der Waals surface area contributed by atoms with Crippen LogP contribution >= 0.6 is 0 Å². The molecule has 1 fully saturated rings. The van der Waals surface area contributed by atoms with Crippen molar-refractivity contribution in [3.8, 4) is 0 Å². The highest BCUT2D eigenvalue weighted by Crippen LogP contribution is 2.29. The average Bonchev–Trinajstić information content (AvgIpc) is 2.42. The number of amides is 1. The van der Waals surface area contributed by atoms with Gasteiger partial charge in [0.05, 0.1) is 6.54 Å². The topological polar surface area (TPSA) is 78.4 Å². The van der Waals surface area contributed by atoms with E-state index in [2.05, 4.69) is 24.5 Å². The Balaban J connectivity index is 2.48. The lowest BCUT2D eigenvalue weighted by Gasteiger charge is -2.35. The summed E-state index contributed by atoms with van der Waals surface area (Å²) in [6.07, 6.45) is 4.65. The number of hydrogen-bond donors (Lipinski definition) is 3. The summed E-state index contributed by atoms with van der Waals surface area (Å²) in [6.45, 7) is 8.04. The molecular weight excluding hydrogens is 268 g/mol. The molecule has 0 spiro atoms. The highest BCUT2D eigenvalue weighted by molar-refractivity contribution is 5.82. The van der Waals surface area contributed by atoms with E-state index in [-0.39, 0.29) is 18.5 Å². The fourth-order valence-corrected chi connectivity index (χ4v) is 3.09. The Morgan fingerprint density at radius 2 is 1.95 bits per heavy atom. The van der Waals surface area contributed by atoms with Gasteiger partial charge in [0.1, 0.15) is 5.54 Å². The van der Waals surface area contributed by atoms with Gasteiger partial charge in [0, 0.05) is 6.04 Å². The SMILES string of the molecule is CCCC(C)(NCC(=O)NC1CCCC(C)C1C)C(=O)O. The molecule has 5 nitrogen and oxygen atoms in total. The third kappa shape index (κ3) is 4.99. The second-order valence-electron chi connectivity index (χ2n) is 6.68. The predicted octanol–water partition coefficient (Wildman–Crippen LogP) is 2.16. The molecular formula is C16H30N2O3. The summed E-state index contributed by atoms with van der Waals surface area (Å²) in [6, 6.07) is 0.213. The Morgan fingerprint density at radius 3 is 2.52 bits per heavy atom. The number of rotatable bonds is 7. The van der Waals surface area contributed by atoms with Crippen molar-refractivity contribution in [2.75, 3.05) is 6.54 Å². The van der Waals surface area contributed by atoms with Crippen LogP contribution in [0.1, 0.15) is 59.8 Å². The van der Waals surface area contributed by atoms with E-state index >= 15 is 0 Å². The molecule has 1 saturated carbocycles. The largest absolute Gasteiger partial charge is 0.480 e. The second kappa shape index (κ2) is 7.78.